The van der Waals surface area contributed by atoms with Gasteiger partial charge < -0.3 is 4.74 Å². The molecular weight excluding hydrogens is 376 g/mol. The van der Waals surface area contributed by atoms with Gasteiger partial charge in [0.25, 0.3) is 0 Å². The van der Waals surface area contributed by atoms with Crippen LogP contribution in [0.4, 0.5) is 5.69 Å². The van der Waals surface area contributed by atoms with Crippen molar-refractivity contribution in [1.82, 2.24) is 5.48 Å². The van der Waals surface area contributed by atoms with Gasteiger partial charge in [0.05, 0.1) is 18.4 Å². The minimum Gasteiger partial charge on any atom is -0.465 e. The molecule has 0 heterocycles. The summed E-state index contributed by atoms with van der Waals surface area (Å²) in [4.78, 5) is 16.0. The van der Waals surface area contributed by atoms with Gasteiger partial charge >= 0.3 is 5.97 Å². The van der Waals surface area contributed by atoms with E-state index in [4.69, 9.17) is 16.3 Å². The number of rotatable bonds is 5. The van der Waals surface area contributed by atoms with Crippen LogP contribution in [0, 0.1) is 5.92 Å². The monoisotopic (exact) mass is 400 g/mol. The van der Waals surface area contributed by atoms with Crippen LogP contribution in [0.3, 0.4) is 0 Å². The molecule has 2 aromatic carbocycles. The molecule has 0 aromatic heterocycles. The van der Waals surface area contributed by atoms with E-state index in [1.54, 1.807) is 12.1 Å². The molecule has 0 saturated heterocycles. The molecule has 1 aliphatic rings. The number of esters is 1. The maximum Gasteiger partial charge on any atom is 0.337 e. The maximum absolute atomic E-state index is 11.6. The van der Waals surface area contributed by atoms with Crippen molar-refractivity contribution in [3.63, 3.8) is 0 Å². The first-order valence-corrected chi connectivity index (χ1v) is 9.88. The van der Waals surface area contributed by atoms with E-state index in [1.807, 2.05) is 36.4 Å². The Balaban J connectivity index is 1.56. The average Bonchev–Trinajstić information content (AvgIpc) is 2.73. The van der Waals surface area contributed by atoms with Crippen molar-refractivity contribution >= 4 is 29.1 Å². The summed E-state index contributed by atoms with van der Waals surface area (Å²) in [7, 11) is 1.39. The summed E-state index contributed by atoms with van der Waals surface area (Å²) in [6.45, 7) is 0. The molecule has 0 amide bonds. The predicted octanol–water partition coefficient (Wildman–Crippen LogP) is 5.50. The molecule has 5 nitrogen and oxygen atoms in total. The molecule has 148 valence electrons. The first-order valence-electron chi connectivity index (χ1n) is 9.50. The number of aliphatic imine (C=N–C) groups is 1. The van der Waals surface area contributed by atoms with Gasteiger partial charge in [0.15, 0.2) is 0 Å². The molecule has 1 aliphatic carbocycles. The van der Waals surface area contributed by atoms with Crippen LogP contribution >= 0.6 is 11.6 Å². The summed E-state index contributed by atoms with van der Waals surface area (Å²) < 4.78 is 4.75. The first-order chi connectivity index (χ1) is 13.6. The van der Waals surface area contributed by atoms with Crippen molar-refractivity contribution in [2.24, 2.45) is 10.9 Å². The lowest BCUT2D eigenvalue weighted by Crippen LogP contribution is -2.24. The Morgan fingerprint density at radius 3 is 2.50 bits per heavy atom. The van der Waals surface area contributed by atoms with Crippen molar-refractivity contribution in [3.8, 4) is 0 Å². The van der Waals surface area contributed by atoms with Gasteiger partial charge in [0, 0.05) is 11.4 Å². The van der Waals surface area contributed by atoms with E-state index in [1.165, 1.54) is 12.7 Å². The van der Waals surface area contributed by atoms with Gasteiger partial charge in [-0.2, -0.15) is 0 Å². The van der Waals surface area contributed by atoms with Crippen LogP contribution in [-0.4, -0.2) is 24.1 Å². The number of carbonyl (C=O) groups is 1. The second kappa shape index (κ2) is 9.71. The van der Waals surface area contributed by atoms with E-state index in [2.05, 4.69) is 10.5 Å². The number of benzene rings is 2. The predicted molar refractivity (Wildman–Crippen MR) is 111 cm³/mol. The number of hydroxylamine groups is 1. The highest BCUT2D eigenvalue weighted by Crippen LogP contribution is 2.37. The Kier molecular flexibility index (Phi) is 7.06. The van der Waals surface area contributed by atoms with Crippen LogP contribution in [-0.2, 0) is 4.74 Å². The molecule has 1 saturated carbocycles. The largest absolute Gasteiger partial charge is 0.465 e. The third-order valence-corrected chi connectivity index (χ3v) is 5.57. The number of methoxy groups -OCH3 is 1. The van der Waals surface area contributed by atoms with Crippen molar-refractivity contribution in [1.29, 1.82) is 0 Å². The summed E-state index contributed by atoms with van der Waals surface area (Å²) in [6.07, 6.45) is 5.01. The molecule has 28 heavy (non-hydrogen) atoms. The number of halogens is 1. The van der Waals surface area contributed by atoms with Crippen LogP contribution in [0.2, 0.25) is 5.02 Å². The molecule has 6 heteroatoms. The van der Waals surface area contributed by atoms with Gasteiger partial charge in [-0.3, -0.25) is 10.7 Å². The molecule has 0 atom stereocenters. The molecule has 1 fully saturated rings. The fourth-order valence-electron chi connectivity index (χ4n) is 3.80. The lowest BCUT2D eigenvalue weighted by atomic mass is 9.77. The van der Waals surface area contributed by atoms with E-state index in [0.717, 1.165) is 31.4 Å². The van der Waals surface area contributed by atoms with Crippen molar-refractivity contribution in [2.45, 2.75) is 38.0 Å². The van der Waals surface area contributed by atoms with E-state index in [0.29, 0.717) is 34.7 Å². The minimum absolute atomic E-state index is 0.307. The average molecular weight is 401 g/mol. The standard InChI is InChI=1S/C22H25ClN2O3/c1-28-22(26)18-11-9-17(10-12-18)16-7-5-15(6-8-16)13-21(25-27)24-20-4-2-3-19(23)14-20/h2-4,9-12,14-16,27H,5-8,13H2,1H3,(H,24,25). The molecule has 0 unspecified atom stereocenters. The molecular formula is C22H25ClN2O3. The highest BCUT2D eigenvalue weighted by atomic mass is 35.5. The van der Waals surface area contributed by atoms with E-state index in [-0.39, 0.29) is 5.97 Å². The molecule has 0 bridgehead atoms. The van der Waals surface area contributed by atoms with Crippen LogP contribution in [0.25, 0.3) is 0 Å². The summed E-state index contributed by atoms with van der Waals surface area (Å²) >= 11 is 6.00. The van der Waals surface area contributed by atoms with Gasteiger partial charge in [-0.25, -0.2) is 9.79 Å². The Bertz CT molecular complexity index is 828. The van der Waals surface area contributed by atoms with E-state index < -0.39 is 0 Å². The third-order valence-electron chi connectivity index (χ3n) is 5.33. The van der Waals surface area contributed by atoms with Gasteiger partial charge in [-0.1, -0.05) is 29.8 Å². The smallest absolute Gasteiger partial charge is 0.337 e. The lowest BCUT2D eigenvalue weighted by Gasteiger charge is -2.29. The quantitative estimate of drug-likeness (QED) is 0.301. The molecule has 3 rings (SSSR count). The summed E-state index contributed by atoms with van der Waals surface area (Å²) in [5.74, 6) is 1.23. The Morgan fingerprint density at radius 2 is 1.89 bits per heavy atom. The number of ether oxygens (including phenoxy) is 1. The number of carbonyl (C=O) groups excluding carboxylic acids is 1. The molecule has 0 aliphatic heterocycles. The zero-order valence-electron chi connectivity index (χ0n) is 15.9. The molecule has 2 aromatic rings. The second-order valence-corrected chi connectivity index (χ2v) is 7.62. The number of nitrogens with zero attached hydrogens (tertiary/aromatic N) is 1. The van der Waals surface area contributed by atoms with Crippen molar-refractivity contribution in [3.05, 3.63) is 64.7 Å². The van der Waals surface area contributed by atoms with Crippen LogP contribution in [0.5, 0.6) is 0 Å². The van der Waals surface area contributed by atoms with Gasteiger partial charge in [0.1, 0.15) is 5.84 Å². The van der Waals surface area contributed by atoms with Gasteiger partial charge in [-0.15, -0.1) is 0 Å². The van der Waals surface area contributed by atoms with Gasteiger partial charge in [0.2, 0.25) is 0 Å². The van der Waals surface area contributed by atoms with E-state index in [9.17, 15) is 10.0 Å². The SMILES string of the molecule is COC(=O)c1ccc(C2CCC(CC(=Nc3cccc(Cl)c3)NO)CC2)cc1. The number of hydrogen-bond donors (Lipinski definition) is 2. The van der Waals surface area contributed by atoms with Crippen molar-refractivity contribution < 1.29 is 14.7 Å². The van der Waals surface area contributed by atoms with Crippen molar-refractivity contribution in [2.75, 3.05) is 7.11 Å². The Labute approximate surface area is 170 Å². The normalized spacial score (nSPS) is 19.9. The summed E-state index contributed by atoms with van der Waals surface area (Å²) in [5.41, 5.74) is 4.81. The number of amidine groups is 1. The van der Waals surface area contributed by atoms with E-state index >= 15 is 0 Å². The Hall–Kier alpha value is -2.37. The fraction of sp³-hybridized carbons (Fsp3) is 0.364. The fourth-order valence-corrected chi connectivity index (χ4v) is 3.98. The number of nitrogens with one attached hydrogen (secondary N) is 1. The Morgan fingerprint density at radius 1 is 1.18 bits per heavy atom. The zero-order valence-corrected chi connectivity index (χ0v) is 16.7. The number of hydrogen-bond acceptors (Lipinski definition) is 4. The minimum atomic E-state index is -0.307. The second-order valence-electron chi connectivity index (χ2n) is 7.19. The highest BCUT2D eigenvalue weighted by Gasteiger charge is 2.23. The summed E-state index contributed by atoms with van der Waals surface area (Å²) in [6, 6.07) is 15.0. The summed E-state index contributed by atoms with van der Waals surface area (Å²) in [5, 5.41) is 10.1. The van der Waals surface area contributed by atoms with Crippen LogP contribution < -0.4 is 5.48 Å². The van der Waals surface area contributed by atoms with Crippen LogP contribution in [0.1, 0.15) is 53.9 Å². The lowest BCUT2D eigenvalue weighted by molar-refractivity contribution is 0.0600. The van der Waals surface area contributed by atoms with Gasteiger partial charge in [-0.05, 0) is 73.4 Å². The highest BCUT2D eigenvalue weighted by molar-refractivity contribution is 6.30. The first kappa shape index (κ1) is 20.4. The molecule has 0 spiro atoms. The molecule has 2 N–H and O–H groups in total. The topological polar surface area (TPSA) is 70.9 Å². The zero-order chi connectivity index (χ0) is 19.9. The molecule has 0 radical (unpaired) electrons. The maximum atomic E-state index is 11.6. The third kappa shape index (κ3) is 5.33. The van der Waals surface area contributed by atoms with Crippen LogP contribution in [0.15, 0.2) is 53.5 Å².